The Kier molecular flexibility index (Phi) is 9.00. The fourth-order valence-corrected chi connectivity index (χ4v) is 6.24. The number of ether oxygens (including phenoxy) is 3. The van der Waals surface area contributed by atoms with Gasteiger partial charge in [0.25, 0.3) is 5.91 Å². The number of amides is 3. The summed E-state index contributed by atoms with van der Waals surface area (Å²) in [5.41, 5.74) is 1.78. The van der Waals surface area contributed by atoms with E-state index in [2.05, 4.69) is 10.6 Å². The Bertz CT molecular complexity index is 1650. The first kappa shape index (κ1) is 31.1. The van der Waals surface area contributed by atoms with Gasteiger partial charge in [-0.2, -0.15) is 4.31 Å². The summed E-state index contributed by atoms with van der Waals surface area (Å²) in [5.74, 6) is 0.440. The summed E-state index contributed by atoms with van der Waals surface area (Å²) < 4.78 is 45.3. The van der Waals surface area contributed by atoms with Gasteiger partial charge in [0.2, 0.25) is 16.8 Å². The number of aryl methyl sites for hydroxylation is 1. The van der Waals surface area contributed by atoms with Gasteiger partial charge in [-0.1, -0.05) is 30.7 Å². The summed E-state index contributed by atoms with van der Waals surface area (Å²) in [5, 5.41) is 15.4. The normalized spacial score (nSPS) is 18.6. The Morgan fingerprint density at radius 2 is 1.82 bits per heavy atom. The molecular weight excluding hydrogens is 588 g/mol. The Morgan fingerprint density at radius 1 is 1.09 bits per heavy atom. The maximum absolute atomic E-state index is 13.7. The standard InChI is InChI=1S/C31H36N4O8S/c1-19-8-11-23(12-9-19)44(39,40)34(4)16-28-20(2)15-35(21(3)17-36)30(37)24-6-5-7-25(29(24)43-28)33-31(38)32-22-10-13-26-27(14-22)42-18-41-26/h5-14,20-21,28,36H,15-18H2,1-4H3,(H2,32,33,38)/t20-,21+,28+/m0/s1. The maximum Gasteiger partial charge on any atom is 0.323 e. The number of hydrogen-bond acceptors (Lipinski definition) is 8. The summed E-state index contributed by atoms with van der Waals surface area (Å²) in [4.78, 5) is 28.5. The third-order valence-electron chi connectivity index (χ3n) is 7.74. The van der Waals surface area contributed by atoms with Gasteiger partial charge in [-0.25, -0.2) is 13.2 Å². The molecule has 0 aromatic heterocycles. The molecule has 12 nitrogen and oxygen atoms in total. The number of likely N-dealkylation sites (N-methyl/N-ethyl adjacent to an activating group) is 1. The average Bonchev–Trinajstić information content (AvgIpc) is 3.47. The number of rotatable bonds is 8. The van der Waals surface area contributed by atoms with Crippen LogP contribution in [0.25, 0.3) is 0 Å². The molecule has 3 N–H and O–H groups in total. The quantitative estimate of drug-likeness (QED) is 0.342. The minimum atomic E-state index is -3.86. The number of sulfonamides is 1. The van der Waals surface area contributed by atoms with Gasteiger partial charge in [0.1, 0.15) is 6.10 Å². The van der Waals surface area contributed by atoms with Crippen LogP contribution < -0.4 is 24.8 Å². The number of nitrogens with one attached hydrogen (secondary N) is 2. The first-order chi connectivity index (χ1) is 21.0. The number of carbonyl (C=O) groups excluding carboxylic acids is 2. The predicted octanol–water partition coefficient (Wildman–Crippen LogP) is 3.91. The monoisotopic (exact) mass is 624 g/mol. The molecule has 0 radical (unpaired) electrons. The number of benzene rings is 3. The van der Waals surface area contributed by atoms with Crippen molar-refractivity contribution in [2.45, 2.75) is 37.8 Å². The number of nitrogens with zero attached hydrogens (tertiary/aromatic N) is 2. The molecule has 0 spiro atoms. The first-order valence-electron chi connectivity index (χ1n) is 14.2. The molecule has 3 atom stereocenters. The highest BCUT2D eigenvalue weighted by atomic mass is 32.2. The number of para-hydroxylation sites is 1. The van der Waals surface area contributed by atoms with E-state index in [1.54, 1.807) is 72.5 Å². The van der Waals surface area contributed by atoms with Gasteiger partial charge in [0.15, 0.2) is 17.2 Å². The number of fused-ring (bicyclic) bond motifs is 2. The lowest BCUT2D eigenvalue weighted by Gasteiger charge is -2.38. The van der Waals surface area contributed by atoms with E-state index in [0.717, 1.165) is 5.56 Å². The molecular formula is C31H36N4O8S. The molecule has 0 unspecified atom stereocenters. The minimum absolute atomic E-state index is 0.0376. The van der Waals surface area contributed by atoms with Gasteiger partial charge in [0.05, 0.1) is 35.3 Å². The summed E-state index contributed by atoms with van der Waals surface area (Å²) in [6.07, 6.45) is -0.722. The zero-order chi connectivity index (χ0) is 31.6. The molecule has 13 heteroatoms. The van der Waals surface area contributed by atoms with E-state index in [1.807, 2.05) is 13.8 Å². The largest absolute Gasteiger partial charge is 0.486 e. The Hall–Kier alpha value is -4.33. The van der Waals surface area contributed by atoms with Gasteiger partial charge in [-0.15, -0.1) is 0 Å². The summed E-state index contributed by atoms with van der Waals surface area (Å²) in [6, 6.07) is 15.2. The van der Waals surface area contributed by atoms with E-state index in [9.17, 15) is 23.1 Å². The van der Waals surface area contributed by atoms with Crippen molar-refractivity contribution >= 4 is 33.3 Å². The fraction of sp³-hybridized carbons (Fsp3) is 0.355. The van der Waals surface area contributed by atoms with E-state index in [1.165, 1.54) is 11.4 Å². The van der Waals surface area contributed by atoms with Crippen molar-refractivity contribution in [2.24, 2.45) is 5.92 Å². The molecule has 3 aromatic carbocycles. The smallest absolute Gasteiger partial charge is 0.323 e. The van der Waals surface area contributed by atoms with Crippen LogP contribution in [0.1, 0.15) is 29.8 Å². The molecule has 0 saturated heterocycles. The lowest BCUT2D eigenvalue weighted by molar-refractivity contribution is 0.0389. The number of hydrogen-bond donors (Lipinski definition) is 3. The van der Waals surface area contributed by atoms with Crippen molar-refractivity contribution in [1.29, 1.82) is 0 Å². The topological polar surface area (TPSA) is 147 Å². The van der Waals surface area contributed by atoms with E-state index >= 15 is 0 Å². The lowest BCUT2D eigenvalue weighted by atomic mass is 9.99. The van der Waals surface area contributed by atoms with Crippen molar-refractivity contribution in [1.82, 2.24) is 9.21 Å². The number of anilines is 2. The maximum atomic E-state index is 13.7. The predicted molar refractivity (Wildman–Crippen MR) is 164 cm³/mol. The molecule has 2 heterocycles. The Morgan fingerprint density at radius 3 is 2.55 bits per heavy atom. The summed E-state index contributed by atoms with van der Waals surface area (Å²) in [7, 11) is -2.38. The average molecular weight is 625 g/mol. The van der Waals surface area contributed by atoms with E-state index in [0.29, 0.717) is 17.2 Å². The van der Waals surface area contributed by atoms with Crippen molar-refractivity contribution in [3.63, 3.8) is 0 Å². The van der Waals surface area contributed by atoms with Crippen LogP contribution in [-0.2, 0) is 10.0 Å². The third kappa shape index (κ3) is 6.44. The third-order valence-corrected chi connectivity index (χ3v) is 9.57. The first-order valence-corrected chi connectivity index (χ1v) is 15.6. The lowest BCUT2D eigenvalue weighted by Crippen LogP contribution is -2.50. The number of urea groups is 1. The van der Waals surface area contributed by atoms with Crippen molar-refractivity contribution in [2.75, 3.05) is 44.2 Å². The second-order valence-electron chi connectivity index (χ2n) is 11.1. The van der Waals surface area contributed by atoms with Gasteiger partial charge >= 0.3 is 6.03 Å². The van der Waals surface area contributed by atoms with Crippen LogP contribution in [0.15, 0.2) is 65.6 Å². The van der Waals surface area contributed by atoms with Crippen LogP contribution in [0.2, 0.25) is 0 Å². The SMILES string of the molecule is Cc1ccc(S(=O)(=O)N(C)C[C@H]2Oc3c(NC(=O)Nc4ccc5c(c4)OCO5)cccc3C(=O)N([C@H](C)CO)C[C@@H]2C)cc1. The van der Waals surface area contributed by atoms with Crippen molar-refractivity contribution < 1.29 is 37.3 Å². The fourth-order valence-electron chi connectivity index (χ4n) is 5.06. The summed E-state index contributed by atoms with van der Waals surface area (Å²) in [6.45, 7) is 5.47. The van der Waals surface area contributed by atoms with Crippen LogP contribution >= 0.6 is 0 Å². The highest BCUT2D eigenvalue weighted by Gasteiger charge is 2.36. The van der Waals surface area contributed by atoms with Crippen molar-refractivity contribution in [3.8, 4) is 17.2 Å². The zero-order valence-electron chi connectivity index (χ0n) is 24.9. The van der Waals surface area contributed by atoms with Gasteiger partial charge in [-0.05, 0) is 50.2 Å². The van der Waals surface area contributed by atoms with E-state index in [4.69, 9.17) is 14.2 Å². The van der Waals surface area contributed by atoms with E-state index in [-0.39, 0.29) is 60.2 Å². The number of aliphatic hydroxyl groups is 1. The molecule has 2 aliphatic rings. The minimum Gasteiger partial charge on any atom is -0.486 e. The van der Waals surface area contributed by atoms with Crippen LogP contribution in [0.5, 0.6) is 17.2 Å². The second kappa shape index (κ2) is 12.7. The van der Waals surface area contributed by atoms with Crippen LogP contribution in [-0.4, -0.2) is 80.4 Å². The molecule has 0 saturated carbocycles. The highest BCUT2D eigenvalue weighted by molar-refractivity contribution is 7.89. The molecule has 234 valence electrons. The van der Waals surface area contributed by atoms with Gasteiger partial charge in [0, 0.05) is 31.3 Å². The van der Waals surface area contributed by atoms with E-state index < -0.39 is 28.2 Å². The molecule has 44 heavy (non-hydrogen) atoms. The molecule has 5 rings (SSSR count). The van der Waals surface area contributed by atoms with Gasteiger partial charge in [-0.3, -0.25) is 4.79 Å². The van der Waals surface area contributed by atoms with Crippen LogP contribution in [0.3, 0.4) is 0 Å². The molecule has 2 aliphatic heterocycles. The second-order valence-corrected chi connectivity index (χ2v) is 13.1. The molecule has 0 aliphatic carbocycles. The van der Waals surface area contributed by atoms with Crippen LogP contribution in [0.4, 0.5) is 16.2 Å². The number of aliphatic hydroxyl groups excluding tert-OH is 1. The van der Waals surface area contributed by atoms with Gasteiger partial charge < -0.3 is 34.9 Å². The summed E-state index contributed by atoms with van der Waals surface area (Å²) >= 11 is 0. The molecule has 0 bridgehead atoms. The number of carbonyl (C=O) groups is 2. The highest BCUT2D eigenvalue weighted by Crippen LogP contribution is 2.36. The Balaban J connectivity index is 1.45. The molecule has 3 aromatic rings. The zero-order valence-corrected chi connectivity index (χ0v) is 25.8. The Labute approximate surface area is 256 Å². The van der Waals surface area contributed by atoms with Crippen molar-refractivity contribution in [3.05, 3.63) is 71.8 Å². The molecule has 0 fully saturated rings. The molecule has 3 amide bonds. The van der Waals surface area contributed by atoms with Crippen LogP contribution in [0, 0.1) is 12.8 Å².